The fourth-order valence-corrected chi connectivity index (χ4v) is 3.41. The number of ether oxygens (including phenoxy) is 1. The van der Waals surface area contributed by atoms with Crippen LogP contribution >= 0.6 is 0 Å². The summed E-state index contributed by atoms with van der Waals surface area (Å²) in [4.78, 5) is 16.4. The van der Waals surface area contributed by atoms with Crippen molar-refractivity contribution in [1.82, 2.24) is 4.90 Å². The zero-order valence-corrected chi connectivity index (χ0v) is 13.5. The number of aryl methyl sites for hydroxylation is 1. The smallest absolute Gasteiger partial charge is 0.325 e. The number of fused-ring (bicyclic) bond motifs is 1. The normalized spacial score (nSPS) is 18.9. The van der Waals surface area contributed by atoms with Gasteiger partial charge in [-0.05, 0) is 37.8 Å². The molecule has 0 unspecified atom stereocenters. The number of para-hydroxylation sites is 1. The van der Waals surface area contributed by atoms with Crippen LogP contribution in [0.4, 0.5) is 5.69 Å². The summed E-state index contributed by atoms with van der Waals surface area (Å²) in [6, 6.07) is 6.37. The summed E-state index contributed by atoms with van der Waals surface area (Å²) in [5, 5.41) is 0. The maximum absolute atomic E-state index is 11.9. The van der Waals surface area contributed by atoms with Crippen molar-refractivity contribution in [3.63, 3.8) is 0 Å². The third-order valence-corrected chi connectivity index (χ3v) is 4.37. The van der Waals surface area contributed by atoms with Crippen molar-refractivity contribution < 1.29 is 9.53 Å². The van der Waals surface area contributed by atoms with E-state index >= 15 is 0 Å². The lowest BCUT2D eigenvalue weighted by Gasteiger charge is -2.19. The molecule has 1 aromatic rings. The van der Waals surface area contributed by atoms with Gasteiger partial charge in [-0.3, -0.25) is 4.79 Å². The van der Waals surface area contributed by atoms with E-state index in [4.69, 9.17) is 4.74 Å². The quantitative estimate of drug-likeness (QED) is 0.801. The van der Waals surface area contributed by atoms with Crippen LogP contribution in [0.15, 0.2) is 24.4 Å². The summed E-state index contributed by atoms with van der Waals surface area (Å²) >= 11 is 0. The number of likely N-dealkylation sites (tertiary alicyclic amines) is 1. The van der Waals surface area contributed by atoms with Crippen molar-refractivity contribution in [2.24, 2.45) is 0 Å². The Bertz CT molecular complexity index is 589. The molecule has 0 bridgehead atoms. The molecule has 2 aliphatic rings. The van der Waals surface area contributed by atoms with Crippen LogP contribution in [-0.4, -0.2) is 43.7 Å². The number of carbonyl (C=O) groups is 1. The minimum Gasteiger partial charge on any atom is -0.465 e. The Morgan fingerprint density at radius 2 is 2.09 bits per heavy atom. The van der Waals surface area contributed by atoms with Crippen LogP contribution in [0.2, 0.25) is 0 Å². The van der Waals surface area contributed by atoms with Crippen LogP contribution in [0.5, 0.6) is 0 Å². The molecule has 4 nitrogen and oxygen atoms in total. The van der Waals surface area contributed by atoms with E-state index in [1.165, 1.54) is 35.2 Å². The number of benzene rings is 1. The van der Waals surface area contributed by atoms with Gasteiger partial charge in [0, 0.05) is 37.1 Å². The SMILES string of the molecule is CCOC(=O)CN1CC(=CN2CCCC2)c2cccc(C)c21. The molecule has 3 rings (SSSR count). The molecule has 0 atom stereocenters. The second-order valence-corrected chi connectivity index (χ2v) is 6.03. The number of carbonyl (C=O) groups excluding carboxylic acids is 1. The Labute approximate surface area is 132 Å². The molecule has 0 amide bonds. The first kappa shape index (κ1) is 14.9. The van der Waals surface area contributed by atoms with Crippen molar-refractivity contribution in [2.45, 2.75) is 26.7 Å². The van der Waals surface area contributed by atoms with Crippen LogP contribution in [0.3, 0.4) is 0 Å². The van der Waals surface area contributed by atoms with Gasteiger partial charge in [-0.25, -0.2) is 0 Å². The molecule has 0 aromatic heterocycles. The molecule has 118 valence electrons. The number of anilines is 1. The Morgan fingerprint density at radius 3 is 2.82 bits per heavy atom. The van der Waals surface area contributed by atoms with Crippen LogP contribution in [0.1, 0.15) is 30.9 Å². The molecule has 22 heavy (non-hydrogen) atoms. The standard InChI is InChI=1S/C18H24N2O2/c1-3-22-17(21)13-20-12-15(11-19-9-4-5-10-19)16-8-6-7-14(2)18(16)20/h6-8,11H,3-5,9-10,12-13H2,1-2H3. The second kappa shape index (κ2) is 6.42. The first-order valence-electron chi connectivity index (χ1n) is 8.14. The van der Waals surface area contributed by atoms with Gasteiger partial charge in [0.25, 0.3) is 0 Å². The van der Waals surface area contributed by atoms with Gasteiger partial charge in [0.1, 0.15) is 6.54 Å². The molecule has 1 fully saturated rings. The first-order chi connectivity index (χ1) is 10.7. The third-order valence-electron chi connectivity index (χ3n) is 4.37. The van der Waals surface area contributed by atoms with E-state index in [2.05, 4.69) is 41.1 Å². The highest BCUT2D eigenvalue weighted by molar-refractivity contribution is 5.90. The molecule has 0 saturated carbocycles. The molecule has 0 aliphatic carbocycles. The average molecular weight is 300 g/mol. The summed E-state index contributed by atoms with van der Waals surface area (Å²) in [7, 11) is 0. The van der Waals surface area contributed by atoms with E-state index in [1.54, 1.807) is 0 Å². The minimum absolute atomic E-state index is 0.154. The van der Waals surface area contributed by atoms with E-state index in [0.717, 1.165) is 19.6 Å². The third kappa shape index (κ3) is 2.96. The van der Waals surface area contributed by atoms with Crippen LogP contribution in [0.25, 0.3) is 5.57 Å². The lowest BCUT2D eigenvalue weighted by molar-refractivity contribution is -0.141. The van der Waals surface area contributed by atoms with Gasteiger partial charge in [0.2, 0.25) is 0 Å². The molecule has 2 heterocycles. The van der Waals surface area contributed by atoms with Gasteiger partial charge in [-0.2, -0.15) is 0 Å². The zero-order chi connectivity index (χ0) is 15.5. The fourth-order valence-electron chi connectivity index (χ4n) is 3.41. The van der Waals surface area contributed by atoms with Crippen LogP contribution in [0, 0.1) is 6.92 Å². The van der Waals surface area contributed by atoms with Crippen molar-refractivity contribution in [2.75, 3.05) is 37.7 Å². The molecule has 4 heteroatoms. The molecular formula is C18H24N2O2. The number of hydrogen-bond acceptors (Lipinski definition) is 4. The Hall–Kier alpha value is -1.97. The van der Waals surface area contributed by atoms with Gasteiger partial charge in [-0.1, -0.05) is 18.2 Å². The maximum Gasteiger partial charge on any atom is 0.325 e. The topological polar surface area (TPSA) is 32.8 Å². The Kier molecular flexibility index (Phi) is 4.36. The van der Waals surface area contributed by atoms with E-state index in [1.807, 2.05) is 6.92 Å². The molecule has 1 saturated heterocycles. The number of rotatable bonds is 4. The first-order valence-corrected chi connectivity index (χ1v) is 8.14. The zero-order valence-electron chi connectivity index (χ0n) is 13.5. The van der Waals surface area contributed by atoms with Gasteiger partial charge in [0.05, 0.1) is 6.61 Å². The predicted molar refractivity (Wildman–Crippen MR) is 88.8 cm³/mol. The Morgan fingerprint density at radius 1 is 1.32 bits per heavy atom. The average Bonchev–Trinajstić information content (AvgIpc) is 3.09. The maximum atomic E-state index is 11.9. The van der Waals surface area contributed by atoms with E-state index in [9.17, 15) is 4.79 Å². The van der Waals surface area contributed by atoms with Crippen molar-refractivity contribution in [3.05, 3.63) is 35.5 Å². The summed E-state index contributed by atoms with van der Waals surface area (Å²) < 4.78 is 5.12. The lowest BCUT2D eigenvalue weighted by Crippen LogP contribution is -2.29. The Balaban J connectivity index is 1.87. The lowest BCUT2D eigenvalue weighted by atomic mass is 10.1. The fraction of sp³-hybridized carbons (Fsp3) is 0.500. The second-order valence-electron chi connectivity index (χ2n) is 6.03. The summed E-state index contributed by atoms with van der Waals surface area (Å²) in [6.45, 7) is 7.78. The number of esters is 1. The monoisotopic (exact) mass is 300 g/mol. The molecule has 0 radical (unpaired) electrons. The summed E-state index contributed by atoms with van der Waals surface area (Å²) in [6.07, 6.45) is 4.84. The molecule has 0 spiro atoms. The van der Waals surface area contributed by atoms with Gasteiger partial charge in [0.15, 0.2) is 0 Å². The highest BCUT2D eigenvalue weighted by Crippen LogP contribution is 2.38. The van der Waals surface area contributed by atoms with Crippen LogP contribution < -0.4 is 4.90 Å². The van der Waals surface area contributed by atoms with Crippen molar-refractivity contribution in [3.8, 4) is 0 Å². The van der Waals surface area contributed by atoms with Crippen molar-refractivity contribution >= 4 is 17.2 Å². The van der Waals surface area contributed by atoms with Crippen molar-refractivity contribution in [1.29, 1.82) is 0 Å². The largest absolute Gasteiger partial charge is 0.465 e. The molecule has 2 aliphatic heterocycles. The van der Waals surface area contributed by atoms with Gasteiger partial charge in [-0.15, -0.1) is 0 Å². The highest BCUT2D eigenvalue weighted by Gasteiger charge is 2.27. The van der Waals surface area contributed by atoms with E-state index in [0.29, 0.717) is 13.2 Å². The van der Waals surface area contributed by atoms with Gasteiger partial charge >= 0.3 is 5.97 Å². The summed E-state index contributed by atoms with van der Waals surface area (Å²) in [5.74, 6) is -0.154. The molecular weight excluding hydrogens is 276 g/mol. The molecule has 1 aromatic carbocycles. The highest BCUT2D eigenvalue weighted by atomic mass is 16.5. The molecule has 0 N–H and O–H groups in total. The van der Waals surface area contributed by atoms with E-state index in [-0.39, 0.29) is 5.97 Å². The van der Waals surface area contributed by atoms with Gasteiger partial charge < -0.3 is 14.5 Å². The number of hydrogen-bond donors (Lipinski definition) is 0. The predicted octanol–water partition coefficient (Wildman–Crippen LogP) is 2.81. The van der Waals surface area contributed by atoms with E-state index < -0.39 is 0 Å². The minimum atomic E-state index is -0.154. The summed E-state index contributed by atoms with van der Waals surface area (Å²) in [5.41, 5.74) is 4.97. The number of nitrogens with zero attached hydrogens (tertiary/aromatic N) is 2. The van der Waals surface area contributed by atoms with Crippen LogP contribution in [-0.2, 0) is 9.53 Å².